The number of amides is 3. The van der Waals surface area contributed by atoms with Gasteiger partial charge in [-0.05, 0) is 42.8 Å². The molecule has 3 aromatic rings. The summed E-state index contributed by atoms with van der Waals surface area (Å²) in [5.74, 6) is -1.23. The van der Waals surface area contributed by atoms with Crippen molar-refractivity contribution in [2.24, 2.45) is 0 Å². The highest BCUT2D eigenvalue weighted by Gasteiger charge is 2.64. The van der Waals surface area contributed by atoms with Gasteiger partial charge < -0.3 is 9.64 Å². The number of thiazole rings is 1. The fourth-order valence-electron chi connectivity index (χ4n) is 5.28. The summed E-state index contributed by atoms with van der Waals surface area (Å²) < 4.78 is 5.07. The maximum absolute atomic E-state index is 14.3. The summed E-state index contributed by atoms with van der Waals surface area (Å²) in [4.78, 5) is 49.4. The monoisotopic (exact) mass is 583 g/mol. The Kier molecular flexibility index (Phi) is 7.35. The minimum atomic E-state index is -1.23. The van der Waals surface area contributed by atoms with Gasteiger partial charge in [-0.25, -0.2) is 19.5 Å². The van der Waals surface area contributed by atoms with Crippen molar-refractivity contribution < 1.29 is 19.1 Å². The molecule has 1 spiro atoms. The van der Waals surface area contributed by atoms with Gasteiger partial charge in [-0.1, -0.05) is 35.3 Å². The van der Waals surface area contributed by atoms with Crippen LogP contribution in [-0.4, -0.2) is 65.0 Å². The molecule has 1 aromatic heterocycles. The number of nitriles is 1. The van der Waals surface area contributed by atoms with Gasteiger partial charge in [0.2, 0.25) is 0 Å². The number of aromatic nitrogens is 1. The summed E-state index contributed by atoms with van der Waals surface area (Å²) in [7, 11) is 1.62. The molecule has 2 aliphatic heterocycles. The van der Waals surface area contributed by atoms with Crippen LogP contribution in [0.1, 0.15) is 38.6 Å². The van der Waals surface area contributed by atoms with Crippen LogP contribution in [0.2, 0.25) is 10.0 Å². The summed E-state index contributed by atoms with van der Waals surface area (Å²) in [5, 5.41) is 10.6. The average Bonchev–Trinajstić information content (AvgIpc) is 3.58. The maximum Gasteiger partial charge on any atom is 0.349 e. The minimum Gasteiger partial charge on any atom is -0.462 e. The lowest BCUT2D eigenvalue weighted by atomic mass is 9.80. The van der Waals surface area contributed by atoms with E-state index < -0.39 is 29.4 Å². The molecule has 12 heteroatoms. The van der Waals surface area contributed by atoms with Gasteiger partial charge in [0.25, 0.3) is 5.91 Å². The second-order valence-corrected chi connectivity index (χ2v) is 11.3. The van der Waals surface area contributed by atoms with Crippen LogP contribution in [0.15, 0.2) is 48.7 Å². The Hall–Kier alpha value is -3.49. The Labute approximate surface area is 239 Å². The van der Waals surface area contributed by atoms with E-state index in [-0.39, 0.29) is 13.2 Å². The minimum absolute atomic E-state index is 0.234. The number of rotatable bonds is 6. The van der Waals surface area contributed by atoms with Gasteiger partial charge in [0.15, 0.2) is 0 Å². The maximum atomic E-state index is 14.3. The number of halogens is 2. The van der Waals surface area contributed by atoms with E-state index in [1.165, 1.54) is 40.6 Å². The van der Waals surface area contributed by atoms with E-state index in [1.807, 2.05) is 17.0 Å². The number of carbonyl (C=O) groups excluding carboxylic acids is 3. The van der Waals surface area contributed by atoms with Crippen LogP contribution in [0.3, 0.4) is 0 Å². The summed E-state index contributed by atoms with van der Waals surface area (Å²) in [6, 6.07) is 13.3. The van der Waals surface area contributed by atoms with Gasteiger partial charge in [-0.3, -0.25) is 9.69 Å². The zero-order valence-corrected chi connectivity index (χ0v) is 23.4. The number of carbonyl (C=O) groups is 3. The molecule has 2 saturated heterocycles. The third kappa shape index (κ3) is 4.76. The van der Waals surface area contributed by atoms with Crippen molar-refractivity contribution in [1.82, 2.24) is 14.8 Å². The number of likely N-dealkylation sites (N-methyl/N-ethyl adjacent to an activating group) is 1. The van der Waals surface area contributed by atoms with Gasteiger partial charge >= 0.3 is 12.0 Å². The highest BCUT2D eigenvalue weighted by Crippen LogP contribution is 2.47. The van der Waals surface area contributed by atoms with Crippen LogP contribution in [0.4, 0.5) is 10.5 Å². The third-order valence-corrected chi connectivity index (χ3v) is 8.47. The lowest BCUT2D eigenvalue weighted by molar-refractivity contribution is -0.124. The second-order valence-electron chi connectivity index (χ2n) is 9.33. The number of nitrogens with zero attached hydrogens (tertiary/aromatic N) is 5. The van der Waals surface area contributed by atoms with Crippen LogP contribution in [0, 0.1) is 11.3 Å². The number of esters is 1. The smallest absolute Gasteiger partial charge is 0.349 e. The number of hydrogen-bond acceptors (Lipinski definition) is 8. The SMILES string of the molecule is CCOC(=O)c1cnc(CN2C[C@@H](c3ccc(C#N)cc3)[C@]3(C2)C(=O)N(c2cc(Cl)cc(Cl)c2)C(=O)N3C)s1. The van der Waals surface area contributed by atoms with E-state index in [0.29, 0.717) is 44.3 Å². The van der Waals surface area contributed by atoms with Gasteiger partial charge in [0.1, 0.15) is 15.4 Å². The standard InChI is InChI=1S/C27H23Cl2N5O4S/c1-3-38-24(35)22-12-31-23(39-22)14-33-13-21(17-6-4-16(11-30)5-7-17)27(15-33)25(36)34(26(37)32(27)2)20-9-18(28)8-19(29)10-20/h4-10,12,21H,3,13-15H2,1-2H3/t21-,27+/m0/s1. The topological polar surface area (TPSA) is 107 Å². The Morgan fingerprint density at radius 1 is 1.21 bits per heavy atom. The van der Waals surface area contributed by atoms with Crippen molar-refractivity contribution in [3.8, 4) is 6.07 Å². The van der Waals surface area contributed by atoms with E-state index in [0.717, 1.165) is 10.5 Å². The van der Waals surface area contributed by atoms with Crippen LogP contribution < -0.4 is 4.90 Å². The molecule has 0 unspecified atom stereocenters. The molecule has 5 rings (SSSR count). The fourth-order valence-corrected chi connectivity index (χ4v) is 6.65. The Morgan fingerprint density at radius 3 is 2.54 bits per heavy atom. The van der Waals surface area contributed by atoms with Crippen molar-refractivity contribution >= 4 is 58.1 Å². The molecule has 39 heavy (non-hydrogen) atoms. The van der Waals surface area contributed by atoms with E-state index in [2.05, 4.69) is 11.1 Å². The van der Waals surface area contributed by atoms with Crippen LogP contribution in [0.25, 0.3) is 0 Å². The molecule has 2 aliphatic rings. The second kappa shape index (κ2) is 10.6. The van der Waals surface area contributed by atoms with Crippen LogP contribution in [-0.2, 0) is 16.1 Å². The Balaban J connectivity index is 1.52. The van der Waals surface area contributed by atoms with Gasteiger partial charge in [0, 0.05) is 36.1 Å². The molecule has 0 bridgehead atoms. The molecule has 2 fully saturated rings. The third-order valence-electron chi connectivity index (χ3n) is 7.07. The number of hydrogen-bond donors (Lipinski definition) is 0. The highest BCUT2D eigenvalue weighted by molar-refractivity contribution is 7.13. The van der Waals surface area contributed by atoms with E-state index in [1.54, 1.807) is 26.1 Å². The van der Waals surface area contributed by atoms with Crippen molar-refractivity contribution in [1.29, 1.82) is 5.26 Å². The van der Waals surface area contributed by atoms with Crippen molar-refractivity contribution in [2.45, 2.75) is 24.9 Å². The van der Waals surface area contributed by atoms with Gasteiger partial charge in [-0.2, -0.15) is 5.26 Å². The molecule has 9 nitrogen and oxygen atoms in total. The molecule has 0 radical (unpaired) electrons. The lowest BCUT2D eigenvalue weighted by Crippen LogP contribution is -2.53. The average molecular weight is 584 g/mol. The molecule has 0 aliphatic carbocycles. The fraction of sp³-hybridized carbons (Fsp3) is 0.296. The first-order valence-corrected chi connectivity index (χ1v) is 13.7. The summed E-state index contributed by atoms with van der Waals surface area (Å²) in [6.07, 6.45) is 1.49. The molecule has 3 heterocycles. The largest absolute Gasteiger partial charge is 0.462 e. The number of likely N-dealkylation sites (tertiary alicyclic amines) is 1. The lowest BCUT2D eigenvalue weighted by Gasteiger charge is -2.34. The number of benzene rings is 2. The molecule has 0 N–H and O–H groups in total. The number of urea groups is 1. The molecular weight excluding hydrogens is 561 g/mol. The first-order valence-electron chi connectivity index (χ1n) is 12.1. The van der Waals surface area contributed by atoms with Gasteiger partial charge in [-0.15, -0.1) is 11.3 Å². The molecule has 200 valence electrons. The zero-order valence-electron chi connectivity index (χ0n) is 21.1. The number of ether oxygens (including phenoxy) is 1. The summed E-state index contributed by atoms with van der Waals surface area (Å²) >= 11 is 13.6. The zero-order chi connectivity index (χ0) is 27.9. The van der Waals surface area contributed by atoms with E-state index in [9.17, 15) is 19.6 Å². The molecule has 0 saturated carbocycles. The van der Waals surface area contributed by atoms with Crippen molar-refractivity contribution in [2.75, 3.05) is 31.6 Å². The molecule has 2 aromatic carbocycles. The predicted octanol–water partition coefficient (Wildman–Crippen LogP) is 4.94. The van der Waals surface area contributed by atoms with Crippen LogP contribution in [0.5, 0.6) is 0 Å². The molecule has 3 amide bonds. The quantitative estimate of drug-likeness (QED) is 0.299. The first kappa shape index (κ1) is 27.1. The van der Waals surface area contributed by atoms with Crippen molar-refractivity contribution in [3.05, 3.63) is 79.7 Å². The first-order chi connectivity index (χ1) is 18.7. The summed E-state index contributed by atoms with van der Waals surface area (Å²) in [5.41, 5.74) is 0.375. The molecular formula is C27H23Cl2N5O4S. The van der Waals surface area contributed by atoms with E-state index >= 15 is 0 Å². The highest BCUT2D eigenvalue weighted by atomic mass is 35.5. The van der Waals surface area contributed by atoms with Crippen LogP contribution >= 0.6 is 34.5 Å². The van der Waals surface area contributed by atoms with Gasteiger partial charge in [0.05, 0.1) is 36.7 Å². The Morgan fingerprint density at radius 2 is 1.90 bits per heavy atom. The van der Waals surface area contributed by atoms with E-state index in [4.69, 9.17) is 27.9 Å². The Bertz CT molecular complexity index is 1480. The molecule has 2 atom stereocenters. The number of anilines is 1. The summed E-state index contributed by atoms with van der Waals surface area (Å²) in [6.45, 7) is 3.05. The van der Waals surface area contributed by atoms with Crippen molar-refractivity contribution in [3.63, 3.8) is 0 Å². The predicted molar refractivity (Wildman–Crippen MR) is 147 cm³/mol. The normalized spacial score (nSPS) is 21.2. The number of imide groups is 1.